The van der Waals surface area contributed by atoms with E-state index in [1.165, 1.54) is 31.0 Å². The third-order valence-electron chi connectivity index (χ3n) is 2.79. The number of rotatable bonds is 6. The number of nitrogens with zero attached hydrogens (tertiary/aromatic N) is 3. The number of aryl methyl sites for hydroxylation is 1. The number of anilines is 1. The number of hydrogen-bond acceptors (Lipinski definition) is 6. The molecule has 1 heterocycles. The van der Waals surface area contributed by atoms with Crippen LogP contribution in [0, 0.1) is 10.1 Å². The minimum absolute atomic E-state index is 0.105. The summed E-state index contributed by atoms with van der Waals surface area (Å²) in [6, 6.07) is 4.26. The molecule has 1 amide bonds. The lowest BCUT2D eigenvalue weighted by molar-refractivity contribution is -0.384. The second-order valence-electron chi connectivity index (χ2n) is 4.30. The molecule has 1 aromatic heterocycles. The van der Waals surface area contributed by atoms with Crippen molar-refractivity contribution in [2.24, 2.45) is 7.05 Å². The van der Waals surface area contributed by atoms with E-state index in [4.69, 9.17) is 4.74 Å². The number of aromatic nitrogens is 2. The van der Waals surface area contributed by atoms with Gasteiger partial charge in [0.25, 0.3) is 5.69 Å². The van der Waals surface area contributed by atoms with Gasteiger partial charge in [0.2, 0.25) is 5.91 Å². The van der Waals surface area contributed by atoms with E-state index in [1.54, 1.807) is 23.0 Å². The topological polar surface area (TPSA) is 99.3 Å². The predicted octanol–water partition coefficient (Wildman–Crippen LogP) is 2.07. The van der Waals surface area contributed by atoms with Gasteiger partial charge < -0.3 is 14.6 Å². The molecular formula is C13H14N4O4S. The highest BCUT2D eigenvalue weighted by atomic mass is 32.2. The molecule has 2 aromatic rings. The molecule has 0 aliphatic carbocycles. The van der Waals surface area contributed by atoms with Gasteiger partial charge in [-0.2, -0.15) is 0 Å². The largest absolute Gasteiger partial charge is 0.496 e. The maximum Gasteiger partial charge on any atom is 0.296 e. The zero-order valence-corrected chi connectivity index (χ0v) is 12.8. The summed E-state index contributed by atoms with van der Waals surface area (Å²) >= 11 is 1.25. The van der Waals surface area contributed by atoms with E-state index in [0.717, 1.165) is 0 Å². The summed E-state index contributed by atoms with van der Waals surface area (Å²) in [5, 5.41) is 14.3. The summed E-state index contributed by atoms with van der Waals surface area (Å²) in [6.45, 7) is 0. The molecule has 0 spiro atoms. The standard InChI is InChI=1S/C13H14N4O4S/c1-16-6-5-14-13(16)22-8-12(18)15-10-4-3-9(21-2)7-11(10)17(19)20/h3-7H,8H2,1-2H3,(H,15,18). The van der Waals surface area contributed by atoms with Crippen molar-refractivity contribution < 1.29 is 14.5 Å². The number of benzene rings is 1. The van der Waals surface area contributed by atoms with Gasteiger partial charge in [-0.15, -0.1) is 0 Å². The Morgan fingerprint density at radius 2 is 2.32 bits per heavy atom. The van der Waals surface area contributed by atoms with Crippen LogP contribution in [-0.2, 0) is 11.8 Å². The molecule has 0 atom stereocenters. The van der Waals surface area contributed by atoms with Gasteiger partial charge in [-0.1, -0.05) is 11.8 Å². The summed E-state index contributed by atoms with van der Waals surface area (Å²) in [5.74, 6) is 0.113. The van der Waals surface area contributed by atoms with Crippen LogP contribution in [0.25, 0.3) is 0 Å². The number of methoxy groups -OCH3 is 1. The number of nitro groups is 1. The van der Waals surface area contributed by atoms with Crippen LogP contribution in [0.15, 0.2) is 35.7 Å². The average Bonchev–Trinajstić information content (AvgIpc) is 2.90. The third-order valence-corrected chi connectivity index (χ3v) is 3.84. The average molecular weight is 322 g/mol. The molecule has 0 fully saturated rings. The number of thioether (sulfide) groups is 1. The zero-order chi connectivity index (χ0) is 16.1. The number of nitrogens with one attached hydrogen (secondary N) is 1. The molecule has 0 bridgehead atoms. The van der Waals surface area contributed by atoms with Gasteiger partial charge in [0.05, 0.1) is 23.9 Å². The number of hydrogen-bond donors (Lipinski definition) is 1. The Kier molecular flexibility index (Phi) is 4.99. The summed E-state index contributed by atoms with van der Waals surface area (Å²) < 4.78 is 6.73. The number of imidazole rings is 1. The monoisotopic (exact) mass is 322 g/mol. The maximum absolute atomic E-state index is 11.9. The fraction of sp³-hybridized carbons (Fsp3) is 0.231. The molecular weight excluding hydrogens is 308 g/mol. The smallest absolute Gasteiger partial charge is 0.296 e. The van der Waals surface area contributed by atoms with E-state index < -0.39 is 4.92 Å². The Morgan fingerprint density at radius 3 is 2.91 bits per heavy atom. The molecule has 116 valence electrons. The number of carbonyl (C=O) groups excluding carboxylic acids is 1. The van der Waals surface area contributed by atoms with Crippen molar-refractivity contribution in [2.45, 2.75) is 5.16 Å². The van der Waals surface area contributed by atoms with Crippen molar-refractivity contribution in [1.29, 1.82) is 0 Å². The summed E-state index contributed by atoms with van der Waals surface area (Å²) in [7, 11) is 3.24. The van der Waals surface area contributed by atoms with Crippen LogP contribution in [0.1, 0.15) is 0 Å². The Labute approximate surface area is 130 Å². The van der Waals surface area contributed by atoms with E-state index in [1.807, 2.05) is 7.05 Å². The van der Waals surface area contributed by atoms with Crippen LogP contribution in [0.3, 0.4) is 0 Å². The van der Waals surface area contributed by atoms with E-state index >= 15 is 0 Å². The number of ether oxygens (including phenoxy) is 1. The SMILES string of the molecule is COc1ccc(NC(=O)CSc2nccn2C)c([N+](=O)[O-])c1. The van der Waals surface area contributed by atoms with Crippen LogP contribution in [0.5, 0.6) is 5.75 Å². The lowest BCUT2D eigenvalue weighted by Crippen LogP contribution is -2.15. The van der Waals surface area contributed by atoms with Gasteiger partial charge in [-0.05, 0) is 12.1 Å². The van der Waals surface area contributed by atoms with Gasteiger partial charge in [0.1, 0.15) is 11.4 Å². The molecule has 0 saturated carbocycles. The fourth-order valence-corrected chi connectivity index (χ4v) is 2.43. The number of amides is 1. The summed E-state index contributed by atoms with van der Waals surface area (Å²) in [5.41, 5.74) is -0.0778. The fourth-order valence-electron chi connectivity index (χ4n) is 1.70. The molecule has 0 aliphatic heterocycles. The molecule has 8 nitrogen and oxygen atoms in total. The highest BCUT2D eigenvalue weighted by Gasteiger charge is 2.17. The molecule has 22 heavy (non-hydrogen) atoms. The van der Waals surface area contributed by atoms with Gasteiger partial charge in [0, 0.05) is 19.4 Å². The molecule has 9 heteroatoms. The first-order valence-corrected chi connectivity index (χ1v) is 7.22. The van der Waals surface area contributed by atoms with Crippen molar-refractivity contribution in [3.8, 4) is 5.75 Å². The first kappa shape index (κ1) is 15.8. The first-order chi connectivity index (χ1) is 10.5. The van der Waals surface area contributed by atoms with Crippen LogP contribution < -0.4 is 10.1 Å². The predicted molar refractivity (Wildman–Crippen MR) is 82.2 cm³/mol. The molecule has 0 radical (unpaired) electrons. The molecule has 1 N–H and O–H groups in total. The second-order valence-corrected chi connectivity index (χ2v) is 5.24. The Bertz CT molecular complexity index is 701. The summed E-state index contributed by atoms with van der Waals surface area (Å²) in [4.78, 5) is 26.5. The van der Waals surface area contributed by atoms with Crippen molar-refractivity contribution in [3.63, 3.8) is 0 Å². The maximum atomic E-state index is 11.9. The van der Waals surface area contributed by atoms with Gasteiger partial charge in [0.15, 0.2) is 5.16 Å². The first-order valence-electron chi connectivity index (χ1n) is 6.23. The molecule has 0 unspecified atom stereocenters. The van der Waals surface area contributed by atoms with Gasteiger partial charge in [-0.3, -0.25) is 14.9 Å². The van der Waals surface area contributed by atoms with Crippen LogP contribution in [-0.4, -0.2) is 33.2 Å². The van der Waals surface area contributed by atoms with Crippen molar-refractivity contribution in [2.75, 3.05) is 18.2 Å². The molecule has 0 saturated heterocycles. The van der Waals surface area contributed by atoms with Gasteiger partial charge in [-0.25, -0.2) is 4.98 Å². The Balaban J connectivity index is 2.05. The van der Waals surface area contributed by atoms with Crippen molar-refractivity contribution in [1.82, 2.24) is 9.55 Å². The molecule has 2 rings (SSSR count). The highest BCUT2D eigenvalue weighted by Crippen LogP contribution is 2.29. The van der Waals surface area contributed by atoms with E-state index in [9.17, 15) is 14.9 Å². The van der Waals surface area contributed by atoms with Gasteiger partial charge >= 0.3 is 0 Å². The zero-order valence-electron chi connectivity index (χ0n) is 12.0. The highest BCUT2D eigenvalue weighted by molar-refractivity contribution is 7.99. The third kappa shape index (κ3) is 3.76. The van der Waals surface area contributed by atoms with Crippen LogP contribution in [0.2, 0.25) is 0 Å². The second kappa shape index (κ2) is 6.94. The minimum atomic E-state index is -0.565. The molecule has 1 aromatic carbocycles. The van der Waals surface area contributed by atoms with Crippen molar-refractivity contribution >= 4 is 29.0 Å². The van der Waals surface area contributed by atoms with E-state index in [2.05, 4.69) is 10.3 Å². The van der Waals surface area contributed by atoms with E-state index in [-0.39, 0.29) is 23.0 Å². The minimum Gasteiger partial charge on any atom is -0.496 e. The Morgan fingerprint density at radius 1 is 1.55 bits per heavy atom. The number of nitro benzene ring substituents is 1. The summed E-state index contributed by atoms with van der Waals surface area (Å²) in [6.07, 6.45) is 3.41. The van der Waals surface area contributed by atoms with Crippen molar-refractivity contribution in [3.05, 3.63) is 40.7 Å². The Hall–Kier alpha value is -2.55. The van der Waals surface area contributed by atoms with E-state index in [0.29, 0.717) is 10.9 Å². The quantitative estimate of drug-likeness (QED) is 0.496. The normalized spacial score (nSPS) is 10.3. The lowest BCUT2D eigenvalue weighted by atomic mass is 10.2. The van der Waals surface area contributed by atoms with Crippen LogP contribution >= 0.6 is 11.8 Å². The lowest BCUT2D eigenvalue weighted by Gasteiger charge is -2.07. The number of carbonyl (C=O) groups is 1. The van der Waals surface area contributed by atoms with Crippen LogP contribution in [0.4, 0.5) is 11.4 Å². The molecule has 0 aliphatic rings.